The van der Waals surface area contributed by atoms with E-state index in [2.05, 4.69) is 69.4 Å². The van der Waals surface area contributed by atoms with Crippen molar-refractivity contribution in [3.8, 4) is 0 Å². The van der Waals surface area contributed by atoms with E-state index in [0.29, 0.717) is 0 Å². The maximum absolute atomic E-state index is 2.44. The summed E-state index contributed by atoms with van der Waals surface area (Å²) in [5.74, 6) is 0. The number of fused-ring (bicyclic) bond motifs is 2. The highest BCUT2D eigenvalue weighted by atomic mass is 127. The third-order valence-corrected chi connectivity index (χ3v) is 4.96. The zero-order valence-corrected chi connectivity index (χ0v) is 12.5. The van der Waals surface area contributed by atoms with Crippen molar-refractivity contribution in [1.82, 2.24) is 0 Å². The van der Waals surface area contributed by atoms with Gasteiger partial charge in [0.2, 0.25) is 0 Å². The molecule has 0 nitrogen and oxygen atoms in total. The van der Waals surface area contributed by atoms with Crippen LogP contribution < -0.4 is 0 Å². The van der Waals surface area contributed by atoms with Gasteiger partial charge in [-0.2, -0.15) is 0 Å². The van der Waals surface area contributed by atoms with Crippen LogP contribution in [0.5, 0.6) is 0 Å². The molecule has 3 rings (SSSR count). The van der Waals surface area contributed by atoms with E-state index in [-0.39, 0.29) is 0 Å². The Morgan fingerprint density at radius 1 is 0.933 bits per heavy atom. The number of halogens is 2. The zero-order chi connectivity index (χ0) is 10.4. The van der Waals surface area contributed by atoms with E-state index in [9.17, 15) is 0 Å². The van der Waals surface area contributed by atoms with Gasteiger partial charge >= 0.3 is 0 Å². The Kier molecular flexibility index (Phi) is 2.67. The van der Waals surface area contributed by atoms with Crippen molar-refractivity contribution in [2.45, 2.75) is 17.3 Å². The van der Waals surface area contributed by atoms with Gasteiger partial charge in [0, 0.05) is 8.00 Å². The highest BCUT2D eigenvalue weighted by Crippen LogP contribution is 2.31. The highest BCUT2D eigenvalue weighted by molar-refractivity contribution is 14.1. The first-order valence-corrected chi connectivity index (χ1v) is 7.68. The average Bonchev–Trinajstić information content (AvgIpc) is 2.21. The lowest BCUT2D eigenvalue weighted by Crippen LogP contribution is -2.07. The van der Waals surface area contributed by atoms with Gasteiger partial charge in [-0.25, -0.2) is 0 Å². The Bertz CT molecular complexity index is 544. The molecule has 0 N–H and O–H groups in total. The molecule has 76 valence electrons. The van der Waals surface area contributed by atoms with E-state index >= 15 is 0 Å². The van der Waals surface area contributed by atoms with Crippen LogP contribution in [0.25, 0.3) is 10.8 Å². The number of hydrogen-bond acceptors (Lipinski definition) is 0. The second kappa shape index (κ2) is 3.87. The molecule has 0 aromatic heterocycles. The van der Waals surface area contributed by atoms with Crippen LogP contribution in [-0.4, -0.2) is 0 Å². The first-order chi connectivity index (χ1) is 7.28. The Morgan fingerprint density at radius 2 is 1.53 bits per heavy atom. The Morgan fingerprint density at radius 3 is 2.07 bits per heavy atom. The molecule has 0 saturated heterocycles. The number of alkyl halides is 1. The topological polar surface area (TPSA) is 0 Å². The van der Waals surface area contributed by atoms with Crippen molar-refractivity contribution >= 4 is 56.0 Å². The lowest BCUT2D eigenvalue weighted by atomic mass is 9.86. The SMILES string of the molecule is ICc1cc2cc3c(cc2cc1I)CC3. The van der Waals surface area contributed by atoms with Crippen molar-refractivity contribution in [2.24, 2.45) is 0 Å². The molecule has 2 aromatic carbocycles. The van der Waals surface area contributed by atoms with Gasteiger partial charge in [0.25, 0.3) is 0 Å². The smallest absolute Gasteiger partial charge is 0.0257 e. The van der Waals surface area contributed by atoms with Gasteiger partial charge in [-0.15, -0.1) is 0 Å². The second-order valence-corrected chi connectivity index (χ2v) is 5.97. The first-order valence-electron chi connectivity index (χ1n) is 5.08. The molecule has 1 aliphatic rings. The monoisotopic (exact) mass is 420 g/mol. The van der Waals surface area contributed by atoms with Crippen molar-refractivity contribution in [3.63, 3.8) is 0 Å². The Labute approximate surface area is 117 Å². The van der Waals surface area contributed by atoms with Gasteiger partial charge in [-0.3, -0.25) is 0 Å². The molecule has 0 spiro atoms. The molecule has 2 aromatic rings. The average molecular weight is 420 g/mol. The summed E-state index contributed by atoms with van der Waals surface area (Å²) in [5, 5.41) is 2.83. The van der Waals surface area contributed by atoms with Crippen molar-refractivity contribution in [3.05, 3.63) is 44.5 Å². The fraction of sp³-hybridized carbons (Fsp3) is 0.231. The number of benzene rings is 2. The van der Waals surface area contributed by atoms with Gasteiger partial charge < -0.3 is 0 Å². The summed E-state index contributed by atoms with van der Waals surface area (Å²) >= 11 is 4.88. The lowest BCUT2D eigenvalue weighted by Gasteiger charge is -2.19. The number of rotatable bonds is 1. The predicted molar refractivity (Wildman–Crippen MR) is 81.8 cm³/mol. The van der Waals surface area contributed by atoms with Crippen LogP contribution in [0.1, 0.15) is 16.7 Å². The summed E-state index contributed by atoms with van der Waals surface area (Å²) in [6.45, 7) is 0. The van der Waals surface area contributed by atoms with Crippen LogP contribution in [-0.2, 0) is 17.3 Å². The Hall–Kier alpha value is 0.160. The number of hydrogen-bond donors (Lipinski definition) is 0. The Balaban J connectivity index is 2.30. The molecule has 0 radical (unpaired) electrons. The highest BCUT2D eigenvalue weighted by Gasteiger charge is 2.14. The van der Waals surface area contributed by atoms with Crippen LogP contribution >= 0.6 is 45.2 Å². The third kappa shape index (κ3) is 1.69. The molecule has 15 heavy (non-hydrogen) atoms. The summed E-state index contributed by atoms with van der Waals surface area (Å²) in [4.78, 5) is 0. The maximum atomic E-state index is 2.44. The van der Waals surface area contributed by atoms with Crippen molar-refractivity contribution < 1.29 is 0 Å². The van der Waals surface area contributed by atoms with Gasteiger partial charge in [-0.05, 0) is 75.0 Å². The summed E-state index contributed by atoms with van der Waals surface area (Å²) in [5.41, 5.74) is 4.58. The minimum absolute atomic E-state index is 1.10. The van der Waals surface area contributed by atoms with Gasteiger partial charge in [0.05, 0.1) is 0 Å². The van der Waals surface area contributed by atoms with E-state index in [0.717, 1.165) is 4.43 Å². The molecular weight excluding hydrogens is 410 g/mol. The second-order valence-electron chi connectivity index (χ2n) is 4.05. The largest absolute Gasteiger partial charge is 0.0811 e. The molecule has 0 saturated carbocycles. The number of aryl methyl sites for hydroxylation is 2. The van der Waals surface area contributed by atoms with E-state index < -0.39 is 0 Å². The van der Waals surface area contributed by atoms with E-state index in [4.69, 9.17) is 0 Å². The van der Waals surface area contributed by atoms with E-state index in [1.54, 1.807) is 11.1 Å². The van der Waals surface area contributed by atoms with E-state index in [1.165, 1.54) is 32.7 Å². The standard InChI is InChI=1S/C13H10I2/c14-7-12-5-10-3-8-1-2-9(8)4-11(10)6-13(12)15/h3-6H,1-2,7H2. The first kappa shape index (κ1) is 10.3. The van der Waals surface area contributed by atoms with Crippen LogP contribution in [0.4, 0.5) is 0 Å². The molecule has 0 heterocycles. The lowest BCUT2D eigenvalue weighted by molar-refractivity contribution is 0.844. The summed E-state index contributed by atoms with van der Waals surface area (Å²) in [6, 6.07) is 9.41. The molecular formula is C13H10I2. The third-order valence-electron chi connectivity index (χ3n) is 3.13. The van der Waals surface area contributed by atoms with Crippen LogP contribution in [0.3, 0.4) is 0 Å². The molecule has 1 aliphatic carbocycles. The predicted octanol–water partition coefficient (Wildman–Crippen LogP) is 4.48. The molecule has 0 amide bonds. The van der Waals surface area contributed by atoms with Crippen LogP contribution in [0.2, 0.25) is 0 Å². The van der Waals surface area contributed by atoms with Crippen molar-refractivity contribution in [2.75, 3.05) is 0 Å². The van der Waals surface area contributed by atoms with E-state index in [1.807, 2.05) is 0 Å². The quantitative estimate of drug-likeness (QED) is 0.472. The minimum atomic E-state index is 1.10. The van der Waals surface area contributed by atoms with Crippen LogP contribution in [0, 0.1) is 3.57 Å². The molecule has 0 atom stereocenters. The van der Waals surface area contributed by atoms with Gasteiger partial charge in [0.1, 0.15) is 0 Å². The van der Waals surface area contributed by atoms with Gasteiger partial charge in [0.15, 0.2) is 0 Å². The molecule has 2 heteroatoms. The minimum Gasteiger partial charge on any atom is -0.0811 e. The fourth-order valence-corrected chi connectivity index (χ4v) is 4.17. The zero-order valence-electron chi connectivity index (χ0n) is 8.19. The molecule has 0 unspecified atom stereocenters. The summed E-state index contributed by atoms with van der Waals surface area (Å²) in [6.07, 6.45) is 2.55. The summed E-state index contributed by atoms with van der Waals surface area (Å²) < 4.78 is 2.50. The maximum Gasteiger partial charge on any atom is 0.0257 e. The molecule has 0 fully saturated rings. The normalized spacial score (nSPS) is 13.7. The molecule has 0 bridgehead atoms. The van der Waals surface area contributed by atoms with Crippen molar-refractivity contribution in [1.29, 1.82) is 0 Å². The van der Waals surface area contributed by atoms with Crippen LogP contribution in [0.15, 0.2) is 24.3 Å². The summed E-state index contributed by atoms with van der Waals surface area (Å²) in [7, 11) is 0. The molecule has 0 aliphatic heterocycles. The fourth-order valence-electron chi connectivity index (χ4n) is 2.12. The van der Waals surface area contributed by atoms with Gasteiger partial charge in [-0.1, -0.05) is 34.7 Å².